The molecule has 1 saturated carbocycles. The lowest BCUT2D eigenvalue weighted by Gasteiger charge is -2.29. The minimum atomic E-state index is -0.630. The summed E-state index contributed by atoms with van der Waals surface area (Å²) in [5.41, 5.74) is 6.34. The third-order valence-corrected chi connectivity index (χ3v) is 4.70. The third-order valence-electron chi connectivity index (χ3n) is 4.48. The van der Waals surface area contributed by atoms with Crippen molar-refractivity contribution in [3.8, 4) is 0 Å². The van der Waals surface area contributed by atoms with E-state index in [0.29, 0.717) is 0 Å². The van der Waals surface area contributed by atoms with Gasteiger partial charge in [0.15, 0.2) is 0 Å². The van der Waals surface area contributed by atoms with Gasteiger partial charge in [-0.25, -0.2) is 0 Å². The van der Waals surface area contributed by atoms with E-state index in [-0.39, 0.29) is 34.1 Å². The molecule has 1 aromatic rings. The van der Waals surface area contributed by atoms with E-state index in [1.807, 2.05) is 44.2 Å². The van der Waals surface area contributed by atoms with Crippen molar-refractivity contribution >= 4 is 29.0 Å². The molecule has 104 valence electrons. The molecule has 1 aliphatic heterocycles. The first kappa shape index (κ1) is 13.2. The van der Waals surface area contributed by atoms with E-state index in [9.17, 15) is 9.59 Å². The van der Waals surface area contributed by atoms with E-state index >= 15 is 0 Å². The second-order valence-electron chi connectivity index (χ2n) is 6.04. The summed E-state index contributed by atoms with van der Waals surface area (Å²) in [4.78, 5) is 26.4. The van der Waals surface area contributed by atoms with Crippen LogP contribution in [-0.4, -0.2) is 21.7 Å². The number of hydrogen-bond acceptors (Lipinski definition) is 3. The SMILES string of the molecule is CC1(C)C2C(=O)N(C(C(N)=S)c3ccccc3)C(=O)C21. The topological polar surface area (TPSA) is 63.4 Å². The van der Waals surface area contributed by atoms with E-state index in [4.69, 9.17) is 18.0 Å². The van der Waals surface area contributed by atoms with Crippen molar-refractivity contribution in [2.24, 2.45) is 23.0 Å². The fraction of sp³-hybridized carbons (Fsp3) is 0.400. The van der Waals surface area contributed by atoms with Crippen LogP contribution in [0.25, 0.3) is 0 Å². The molecule has 3 unspecified atom stereocenters. The smallest absolute Gasteiger partial charge is 0.234 e. The number of nitrogens with zero attached hydrogens (tertiary/aromatic N) is 1. The van der Waals surface area contributed by atoms with Crippen LogP contribution < -0.4 is 5.73 Å². The number of amides is 2. The van der Waals surface area contributed by atoms with Crippen LogP contribution in [0.5, 0.6) is 0 Å². The van der Waals surface area contributed by atoms with Gasteiger partial charge in [-0.05, 0) is 11.0 Å². The van der Waals surface area contributed by atoms with Gasteiger partial charge in [-0.15, -0.1) is 0 Å². The van der Waals surface area contributed by atoms with E-state index in [1.54, 1.807) is 0 Å². The fourth-order valence-corrected chi connectivity index (χ4v) is 3.54. The molecule has 20 heavy (non-hydrogen) atoms. The maximum atomic E-state index is 12.5. The number of piperidine rings is 1. The molecule has 2 aliphatic rings. The maximum absolute atomic E-state index is 12.5. The minimum Gasteiger partial charge on any atom is -0.391 e. The molecule has 3 rings (SSSR count). The van der Waals surface area contributed by atoms with Crippen LogP contribution in [0.3, 0.4) is 0 Å². The fourth-order valence-electron chi connectivity index (χ4n) is 3.30. The standard InChI is InChI=1S/C15H16N2O2S/c1-15(2)9-10(15)14(19)17(13(9)18)11(12(16)20)8-6-4-3-5-7-8/h3-7,9-11H,1-2H3,(H2,16,20). The summed E-state index contributed by atoms with van der Waals surface area (Å²) in [7, 11) is 0. The molecule has 1 heterocycles. The maximum Gasteiger partial charge on any atom is 0.234 e. The van der Waals surface area contributed by atoms with Gasteiger partial charge >= 0.3 is 0 Å². The van der Waals surface area contributed by atoms with Crippen molar-refractivity contribution < 1.29 is 9.59 Å². The molecule has 0 aromatic heterocycles. The predicted molar refractivity (Wildman–Crippen MR) is 78.6 cm³/mol. The first-order chi connectivity index (χ1) is 9.37. The zero-order valence-corrected chi connectivity index (χ0v) is 12.2. The number of benzene rings is 1. The molecular formula is C15H16N2O2S. The van der Waals surface area contributed by atoms with Crippen LogP contribution in [0.2, 0.25) is 0 Å². The Labute approximate surface area is 122 Å². The second kappa shape index (κ2) is 4.12. The Bertz CT molecular complexity index is 588. The molecule has 0 radical (unpaired) electrons. The number of imide groups is 1. The Kier molecular flexibility index (Phi) is 2.73. The number of hydrogen-bond donors (Lipinski definition) is 1. The number of thiocarbonyl (C=S) groups is 1. The van der Waals surface area contributed by atoms with Gasteiger partial charge in [0.05, 0.1) is 11.8 Å². The normalized spacial score (nSPS) is 28.2. The van der Waals surface area contributed by atoms with E-state index in [0.717, 1.165) is 5.56 Å². The Morgan fingerprint density at radius 3 is 2.15 bits per heavy atom. The molecule has 2 amide bonds. The molecule has 1 aliphatic carbocycles. The van der Waals surface area contributed by atoms with Gasteiger partial charge in [0, 0.05) is 0 Å². The van der Waals surface area contributed by atoms with Gasteiger partial charge in [0.1, 0.15) is 11.0 Å². The molecule has 1 saturated heterocycles. The highest BCUT2D eigenvalue weighted by molar-refractivity contribution is 7.80. The molecule has 2 fully saturated rings. The second-order valence-corrected chi connectivity index (χ2v) is 6.51. The molecule has 0 spiro atoms. The van der Waals surface area contributed by atoms with Gasteiger partial charge in [-0.1, -0.05) is 56.4 Å². The third kappa shape index (κ3) is 1.62. The van der Waals surface area contributed by atoms with Crippen molar-refractivity contribution in [1.29, 1.82) is 0 Å². The zero-order valence-electron chi connectivity index (χ0n) is 11.4. The number of fused-ring (bicyclic) bond motifs is 1. The summed E-state index contributed by atoms with van der Waals surface area (Å²) >= 11 is 5.08. The lowest BCUT2D eigenvalue weighted by molar-refractivity contribution is -0.144. The average molecular weight is 288 g/mol. The molecule has 3 atom stereocenters. The largest absolute Gasteiger partial charge is 0.391 e. The van der Waals surface area contributed by atoms with E-state index in [1.165, 1.54) is 4.90 Å². The Hall–Kier alpha value is -1.75. The highest BCUT2D eigenvalue weighted by Crippen LogP contribution is 2.64. The summed E-state index contributed by atoms with van der Waals surface area (Å²) in [5.74, 6) is -0.718. The number of carbonyl (C=O) groups excluding carboxylic acids is 2. The van der Waals surface area contributed by atoms with E-state index < -0.39 is 6.04 Å². The molecule has 5 heteroatoms. The minimum absolute atomic E-state index is 0.147. The first-order valence-electron chi connectivity index (χ1n) is 6.58. The molecule has 4 nitrogen and oxygen atoms in total. The van der Waals surface area contributed by atoms with E-state index in [2.05, 4.69) is 0 Å². The number of rotatable bonds is 3. The Morgan fingerprint density at radius 1 is 1.20 bits per heavy atom. The summed E-state index contributed by atoms with van der Waals surface area (Å²) < 4.78 is 0. The Morgan fingerprint density at radius 2 is 1.70 bits per heavy atom. The van der Waals surface area contributed by atoms with Gasteiger partial charge in [-0.3, -0.25) is 14.5 Å². The molecule has 1 aromatic carbocycles. The zero-order chi connectivity index (χ0) is 14.7. The van der Waals surface area contributed by atoms with Gasteiger partial charge in [0.25, 0.3) is 0 Å². The van der Waals surface area contributed by atoms with Crippen LogP contribution >= 0.6 is 12.2 Å². The molecule has 2 N–H and O–H groups in total. The van der Waals surface area contributed by atoms with Crippen molar-refractivity contribution in [2.75, 3.05) is 0 Å². The van der Waals surface area contributed by atoms with Crippen LogP contribution in [0, 0.1) is 17.3 Å². The summed E-state index contributed by atoms with van der Waals surface area (Å²) in [6, 6.07) is 8.59. The monoisotopic (exact) mass is 288 g/mol. The number of nitrogens with two attached hydrogens (primary N) is 1. The Balaban J connectivity index is 1.98. The number of carbonyl (C=O) groups is 2. The summed E-state index contributed by atoms with van der Waals surface area (Å²) in [6.45, 7) is 3.90. The predicted octanol–water partition coefficient (Wildman–Crippen LogP) is 1.65. The lowest BCUT2D eigenvalue weighted by Crippen LogP contribution is -2.44. The van der Waals surface area contributed by atoms with Crippen LogP contribution in [0.1, 0.15) is 25.5 Å². The summed E-state index contributed by atoms with van der Waals surface area (Å²) in [5, 5.41) is 0. The van der Waals surface area contributed by atoms with Crippen molar-refractivity contribution in [3.63, 3.8) is 0 Å². The van der Waals surface area contributed by atoms with Crippen molar-refractivity contribution in [1.82, 2.24) is 4.90 Å². The van der Waals surface area contributed by atoms with Gasteiger partial charge in [0.2, 0.25) is 11.8 Å². The number of likely N-dealkylation sites (tertiary alicyclic amines) is 1. The molecule has 0 bridgehead atoms. The average Bonchev–Trinajstić information content (AvgIpc) is 2.86. The highest BCUT2D eigenvalue weighted by Gasteiger charge is 2.73. The first-order valence-corrected chi connectivity index (χ1v) is 6.99. The van der Waals surface area contributed by atoms with Crippen LogP contribution in [0.15, 0.2) is 30.3 Å². The lowest BCUT2D eigenvalue weighted by atomic mass is 10.0. The van der Waals surface area contributed by atoms with Gasteiger partial charge < -0.3 is 5.73 Å². The van der Waals surface area contributed by atoms with Gasteiger partial charge in [-0.2, -0.15) is 0 Å². The quantitative estimate of drug-likeness (QED) is 0.678. The van der Waals surface area contributed by atoms with Crippen molar-refractivity contribution in [3.05, 3.63) is 35.9 Å². The van der Waals surface area contributed by atoms with Crippen LogP contribution in [0.4, 0.5) is 0 Å². The molecular weight excluding hydrogens is 272 g/mol. The van der Waals surface area contributed by atoms with Crippen molar-refractivity contribution in [2.45, 2.75) is 19.9 Å². The van der Waals surface area contributed by atoms with Crippen LogP contribution in [-0.2, 0) is 9.59 Å². The highest BCUT2D eigenvalue weighted by atomic mass is 32.1. The summed E-state index contributed by atoms with van der Waals surface area (Å²) in [6.07, 6.45) is 0.